The predicted molar refractivity (Wildman–Crippen MR) is 88.2 cm³/mol. The average molecular weight is 313 g/mol. The van der Waals surface area contributed by atoms with Crippen LogP contribution in [-0.4, -0.2) is 24.6 Å². The first-order valence-electron chi connectivity index (χ1n) is 7.38. The summed E-state index contributed by atoms with van der Waals surface area (Å²) < 4.78 is 5.55. The number of carbonyl (C=O) groups excluding carboxylic acids is 1. The van der Waals surface area contributed by atoms with E-state index in [0.717, 1.165) is 13.0 Å². The minimum atomic E-state index is -0.00542. The van der Waals surface area contributed by atoms with Crippen LogP contribution in [0.4, 0.5) is 5.69 Å². The lowest BCUT2D eigenvalue weighted by Gasteiger charge is -2.13. The summed E-state index contributed by atoms with van der Waals surface area (Å²) in [5.74, 6) is 0.625. The largest absolute Gasteiger partial charge is 0.489 e. The van der Waals surface area contributed by atoms with Crippen LogP contribution in [0, 0.1) is 0 Å². The van der Waals surface area contributed by atoms with Gasteiger partial charge in [0.15, 0.2) is 0 Å². The van der Waals surface area contributed by atoms with Gasteiger partial charge in [-0.15, -0.1) is 0 Å². The second-order valence-electron chi connectivity index (χ2n) is 5.57. The van der Waals surface area contributed by atoms with Crippen molar-refractivity contribution in [3.63, 3.8) is 0 Å². The van der Waals surface area contributed by atoms with Crippen molar-refractivity contribution < 1.29 is 9.53 Å². The van der Waals surface area contributed by atoms with E-state index in [9.17, 15) is 4.79 Å². The van der Waals surface area contributed by atoms with E-state index in [1.807, 2.05) is 13.8 Å². The number of amides is 1. The molecule has 0 radical (unpaired) electrons. The van der Waals surface area contributed by atoms with E-state index in [0.29, 0.717) is 28.9 Å². The normalized spacial score (nSPS) is 11.0. The molecule has 0 heterocycles. The van der Waals surface area contributed by atoms with E-state index in [2.05, 4.69) is 24.5 Å². The van der Waals surface area contributed by atoms with Crippen molar-refractivity contribution in [1.82, 2.24) is 5.32 Å². The highest BCUT2D eigenvalue weighted by Gasteiger charge is 2.07. The second kappa shape index (κ2) is 8.90. The maximum absolute atomic E-state index is 11.8. The molecule has 0 atom stereocenters. The lowest BCUT2D eigenvalue weighted by atomic mass is 10.2. The molecule has 0 fully saturated rings. The fraction of sp³-hybridized carbons (Fsp3) is 0.562. The van der Waals surface area contributed by atoms with Crippen molar-refractivity contribution in [2.45, 2.75) is 52.7 Å². The minimum absolute atomic E-state index is 0.00542. The lowest BCUT2D eigenvalue weighted by molar-refractivity contribution is -0.116. The third kappa shape index (κ3) is 7.34. The molecule has 0 spiro atoms. The van der Waals surface area contributed by atoms with Gasteiger partial charge in [0.25, 0.3) is 0 Å². The van der Waals surface area contributed by atoms with Crippen LogP contribution < -0.4 is 15.4 Å². The van der Waals surface area contributed by atoms with Crippen molar-refractivity contribution >= 4 is 23.2 Å². The Hall–Kier alpha value is -1.26. The van der Waals surface area contributed by atoms with Crippen LogP contribution in [0.5, 0.6) is 5.75 Å². The van der Waals surface area contributed by atoms with Gasteiger partial charge in [0.1, 0.15) is 5.75 Å². The number of nitrogens with one attached hydrogen (secondary N) is 2. The Morgan fingerprint density at radius 3 is 2.57 bits per heavy atom. The van der Waals surface area contributed by atoms with Crippen LogP contribution in [0.1, 0.15) is 40.5 Å². The van der Waals surface area contributed by atoms with Crippen molar-refractivity contribution in [2.75, 3.05) is 11.9 Å². The third-order valence-electron chi connectivity index (χ3n) is 2.71. The van der Waals surface area contributed by atoms with E-state index in [1.165, 1.54) is 0 Å². The van der Waals surface area contributed by atoms with Crippen molar-refractivity contribution in [2.24, 2.45) is 0 Å². The molecule has 2 N–H and O–H groups in total. The zero-order valence-electron chi connectivity index (χ0n) is 13.2. The molecule has 0 aromatic heterocycles. The maximum Gasteiger partial charge on any atom is 0.224 e. The Kier molecular flexibility index (Phi) is 7.54. The highest BCUT2D eigenvalue weighted by atomic mass is 35.5. The molecule has 0 aliphatic carbocycles. The van der Waals surface area contributed by atoms with Gasteiger partial charge in [0.05, 0.1) is 11.1 Å². The van der Waals surface area contributed by atoms with E-state index in [1.54, 1.807) is 18.2 Å². The second-order valence-corrected chi connectivity index (χ2v) is 5.98. The van der Waals surface area contributed by atoms with Gasteiger partial charge in [-0.05, 0) is 45.0 Å². The molecule has 21 heavy (non-hydrogen) atoms. The molecule has 118 valence electrons. The number of hydrogen-bond acceptors (Lipinski definition) is 3. The standard InChI is InChI=1S/C16H25ClN2O2/c1-11(2)18-9-5-6-16(20)19-13-7-8-15(14(17)10-13)21-12(3)4/h7-8,10-12,18H,5-6,9H2,1-4H3,(H,19,20). The van der Waals surface area contributed by atoms with Gasteiger partial charge in [-0.25, -0.2) is 0 Å². The highest BCUT2D eigenvalue weighted by molar-refractivity contribution is 6.32. The zero-order chi connectivity index (χ0) is 15.8. The highest BCUT2D eigenvalue weighted by Crippen LogP contribution is 2.28. The van der Waals surface area contributed by atoms with Crippen LogP contribution >= 0.6 is 11.6 Å². The quantitative estimate of drug-likeness (QED) is 0.717. The predicted octanol–water partition coefficient (Wildman–Crippen LogP) is 3.84. The summed E-state index contributed by atoms with van der Waals surface area (Å²) in [4.78, 5) is 11.8. The molecule has 0 bridgehead atoms. The van der Waals surface area contributed by atoms with Crippen molar-refractivity contribution in [3.05, 3.63) is 23.2 Å². The summed E-state index contributed by atoms with van der Waals surface area (Å²) in [6, 6.07) is 5.73. The first-order valence-corrected chi connectivity index (χ1v) is 7.75. The molecule has 1 amide bonds. The number of anilines is 1. The molecule has 0 aliphatic rings. The van der Waals surface area contributed by atoms with E-state index in [4.69, 9.17) is 16.3 Å². The smallest absolute Gasteiger partial charge is 0.224 e. The molecule has 0 aliphatic heterocycles. The van der Waals surface area contributed by atoms with Crippen molar-refractivity contribution in [1.29, 1.82) is 0 Å². The van der Waals surface area contributed by atoms with Gasteiger partial charge in [0, 0.05) is 18.2 Å². The number of halogens is 1. The van der Waals surface area contributed by atoms with Gasteiger partial charge < -0.3 is 15.4 Å². The van der Waals surface area contributed by atoms with Gasteiger partial charge in [-0.2, -0.15) is 0 Å². The third-order valence-corrected chi connectivity index (χ3v) is 3.01. The van der Waals surface area contributed by atoms with E-state index >= 15 is 0 Å². The van der Waals surface area contributed by atoms with Gasteiger partial charge in [0.2, 0.25) is 5.91 Å². The summed E-state index contributed by atoms with van der Waals surface area (Å²) >= 11 is 6.13. The van der Waals surface area contributed by atoms with Crippen LogP contribution in [0.2, 0.25) is 5.02 Å². The number of rotatable bonds is 8. The molecule has 1 aromatic carbocycles. The first-order chi connectivity index (χ1) is 9.88. The molecular formula is C16H25ClN2O2. The van der Waals surface area contributed by atoms with Crippen LogP contribution in [0.15, 0.2) is 18.2 Å². The molecule has 1 aromatic rings. The fourth-order valence-corrected chi connectivity index (χ4v) is 2.02. The molecular weight excluding hydrogens is 288 g/mol. The number of carbonyl (C=O) groups is 1. The number of benzene rings is 1. The molecule has 5 heteroatoms. The van der Waals surface area contributed by atoms with Gasteiger partial charge in [-0.1, -0.05) is 25.4 Å². The summed E-state index contributed by atoms with van der Waals surface area (Å²) in [5, 5.41) is 6.63. The Morgan fingerprint density at radius 1 is 1.29 bits per heavy atom. The molecule has 1 rings (SSSR count). The van der Waals surface area contributed by atoms with Crippen LogP contribution in [0.25, 0.3) is 0 Å². The summed E-state index contributed by atoms with van der Waals surface area (Å²) in [6.07, 6.45) is 1.37. The molecule has 4 nitrogen and oxygen atoms in total. The maximum atomic E-state index is 11.8. The SMILES string of the molecule is CC(C)NCCCC(=O)Nc1ccc(OC(C)C)c(Cl)c1. The summed E-state index contributed by atoms with van der Waals surface area (Å²) in [6.45, 7) is 8.90. The number of hydrogen-bond donors (Lipinski definition) is 2. The Morgan fingerprint density at radius 2 is 2.00 bits per heavy atom. The fourth-order valence-electron chi connectivity index (χ4n) is 1.79. The van der Waals surface area contributed by atoms with Crippen molar-refractivity contribution in [3.8, 4) is 5.75 Å². The van der Waals surface area contributed by atoms with E-state index < -0.39 is 0 Å². The first kappa shape index (κ1) is 17.8. The van der Waals surface area contributed by atoms with Crippen LogP contribution in [-0.2, 0) is 4.79 Å². The monoisotopic (exact) mass is 312 g/mol. The van der Waals surface area contributed by atoms with Gasteiger partial charge in [-0.3, -0.25) is 4.79 Å². The Bertz CT molecular complexity index is 462. The molecule has 0 saturated heterocycles. The topological polar surface area (TPSA) is 50.4 Å². The number of ether oxygens (including phenoxy) is 1. The minimum Gasteiger partial charge on any atom is -0.489 e. The Labute approximate surface area is 132 Å². The van der Waals surface area contributed by atoms with Gasteiger partial charge >= 0.3 is 0 Å². The van der Waals surface area contributed by atoms with Crippen LogP contribution in [0.3, 0.4) is 0 Å². The Balaban J connectivity index is 2.44. The lowest BCUT2D eigenvalue weighted by Crippen LogP contribution is -2.24. The molecule has 0 unspecified atom stereocenters. The zero-order valence-corrected chi connectivity index (χ0v) is 14.0. The summed E-state index contributed by atoms with van der Waals surface area (Å²) in [7, 11) is 0. The average Bonchev–Trinajstić information content (AvgIpc) is 2.37. The van der Waals surface area contributed by atoms with E-state index in [-0.39, 0.29) is 12.0 Å². The molecule has 0 saturated carbocycles. The summed E-state index contributed by atoms with van der Waals surface area (Å²) in [5.41, 5.74) is 0.693.